The van der Waals surface area contributed by atoms with Crippen molar-refractivity contribution in [3.8, 4) is 11.3 Å². The van der Waals surface area contributed by atoms with E-state index in [0.717, 1.165) is 42.1 Å². The highest BCUT2D eigenvalue weighted by atomic mass is 16.2. The van der Waals surface area contributed by atoms with Gasteiger partial charge in [-0.05, 0) is 42.5 Å². The number of imidazole rings is 1. The molecule has 4 heterocycles. The first-order chi connectivity index (χ1) is 13.9. The third-order valence-electron chi connectivity index (χ3n) is 5.24. The molecule has 0 saturated carbocycles. The molecular formula is C22H28N6O. The van der Waals surface area contributed by atoms with E-state index in [0.29, 0.717) is 13.0 Å². The molecule has 3 aromatic heterocycles. The zero-order valence-electron chi connectivity index (χ0n) is 17.3. The van der Waals surface area contributed by atoms with Gasteiger partial charge in [-0.1, -0.05) is 20.8 Å². The number of pyridine rings is 1. The van der Waals surface area contributed by atoms with Gasteiger partial charge in [0, 0.05) is 43.5 Å². The highest BCUT2D eigenvalue weighted by molar-refractivity contribution is 5.77. The third-order valence-corrected chi connectivity index (χ3v) is 5.24. The van der Waals surface area contributed by atoms with Crippen LogP contribution < -0.4 is 5.32 Å². The predicted octanol–water partition coefficient (Wildman–Crippen LogP) is 3.63. The van der Waals surface area contributed by atoms with Crippen LogP contribution in [0.25, 0.3) is 16.9 Å². The number of hydrogen-bond acceptors (Lipinski definition) is 5. The Bertz CT molecular complexity index is 991. The van der Waals surface area contributed by atoms with E-state index < -0.39 is 0 Å². The normalized spacial score (nSPS) is 17.1. The maximum Gasteiger partial charge on any atom is 0.223 e. The van der Waals surface area contributed by atoms with Crippen LogP contribution in [-0.4, -0.2) is 49.5 Å². The van der Waals surface area contributed by atoms with Crippen LogP contribution in [0, 0.1) is 5.41 Å². The molecule has 0 aromatic carbocycles. The van der Waals surface area contributed by atoms with Gasteiger partial charge in [-0.3, -0.25) is 9.78 Å². The molecule has 29 heavy (non-hydrogen) atoms. The maximum atomic E-state index is 12.7. The van der Waals surface area contributed by atoms with Gasteiger partial charge < -0.3 is 10.2 Å². The van der Waals surface area contributed by atoms with Crippen molar-refractivity contribution in [3.63, 3.8) is 0 Å². The van der Waals surface area contributed by atoms with Gasteiger partial charge in [-0.25, -0.2) is 9.50 Å². The Morgan fingerprint density at radius 2 is 2.00 bits per heavy atom. The summed E-state index contributed by atoms with van der Waals surface area (Å²) >= 11 is 0. The quantitative estimate of drug-likeness (QED) is 0.718. The Balaban J connectivity index is 1.48. The van der Waals surface area contributed by atoms with E-state index in [4.69, 9.17) is 5.10 Å². The van der Waals surface area contributed by atoms with Gasteiger partial charge in [0.15, 0.2) is 5.65 Å². The monoisotopic (exact) mass is 392 g/mol. The lowest BCUT2D eigenvalue weighted by Crippen LogP contribution is -2.41. The molecule has 4 rings (SSSR count). The van der Waals surface area contributed by atoms with Crippen LogP contribution in [0.2, 0.25) is 0 Å². The summed E-state index contributed by atoms with van der Waals surface area (Å²) in [5, 5.41) is 8.15. The van der Waals surface area contributed by atoms with Gasteiger partial charge >= 0.3 is 0 Å². The molecule has 1 amide bonds. The van der Waals surface area contributed by atoms with E-state index >= 15 is 0 Å². The maximum absolute atomic E-state index is 12.7. The van der Waals surface area contributed by atoms with E-state index in [1.165, 1.54) is 0 Å². The van der Waals surface area contributed by atoms with E-state index in [1.54, 1.807) is 12.4 Å². The first kappa shape index (κ1) is 19.4. The predicted molar refractivity (Wildman–Crippen MR) is 114 cm³/mol. The van der Waals surface area contributed by atoms with Crippen molar-refractivity contribution in [1.29, 1.82) is 0 Å². The van der Waals surface area contributed by atoms with Crippen LogP contribution >= 0.6 is 0 Å². The fraction of sp³-hybridized carbons (Fsp3) is 0.455. The van der Waals surface area contributed by atoms with Gasteiger partial charge in [-0.15, -0.1) is 5.10 Å². The average Bonchev–Trinajstić information content (AvgIpc) is 3.32. The van der Waals surface area contributed by atoms with Gasteiger partial charge in [0.2, 0.25) is 5.91 Å². The second kappa shape index (κ2) is 7.81. The number of aromatic nitrogens is 4. The minimum atomic E-state index is 0.00895. The smallest absolute Gasteiger partial charge is 0.223 e. The second-order valence-electron chi connectivity index (χ2n) is 8.87. The number of fused-ring (bicyclic) bond motifs is 1. The van der Waals surface area contributed by atoms with E-state index in [9.17, 15) is 4.79 Å². The molecule has 1 aliphatic heterocycles. The summed E-state index contributed by atoms with van der Waals surface area (Å²) in [7, 11) is 0. The van der Waals surface area contributed by atoms with Crippen molar-refractivity contribution in [2.75, 3.05) is 18.4 Å². The summed E-state index contributed by atoms with van der Waals surface area (Å²) in [5.41, 5.74) is 2.75. The summed E-state index contributed by atoms with van der Waals surface area (Å²) in [6.07, 6.45) is 8.02. The van der Waals surface area contributed by atoms with Crippen LogP contribution in [0.15, 0.2) is 42.9 Å². The molecule has 7 nitrogen and oxygen atoms in total. The first-order valence-electron chi connectivity index (χ1n) is 10.2. The lowest BCUT2D eigenvalue weighted by atomic mass is 9.91. The zero-order valence-corrected chi connectivity index (χ0v) is 17.3. The minimum Gasteiger partial charge on any atom is -0.367 e. The van der Waals surface area contributed by atoms with Crippen LogP contribution in [-0.2, 0) is 4.79 Å². The molecule has 0 radical (unpaired) electrons. The summed E-state index contributed by atoms with van der Waals surface area (Å²) in [4.78, 5) is 23.2. The lowest BCUT2D eigenvalue weighted by molar-refractivity contribution is -0.133. The molecule has 1 saturated heterocycles. The van der Waals surface area contributed by atoms with Crippen molar-refractivity contribution in [2.24, 2.45) is 5.41 Å². The fourth-order valence-electron chi connectivity index (χ4n) is 3.84. The Kier molecular flexibility index (Phi) is 5.22. The standard InChI is InChI=1S/C22H28N6O/c1-22(2,3)13-21(29)27-12-4-5-17(27)14-24-19-6-7-20-25-15-18(28(20)26-19)16-8-10-23-11-9-16/h6-11,15,17H,4-5,12-14H2,1-3H3,(H,24,26). The van der Waals surface area contributed by atoms with Crippen molar-refractivity contribution in [1.82, 2.24) is 24.5 Å². The molecule has 0 bridgehead atoms. The highest BCUT2D eigenvalue weighted by Crippen LogP contribution is 2.25. The van der Waals surface area contributed by atoms with Crippen LogP contribution in [0.1, 0.15) is 40.0 Å². The first-order valence-corrected chi connectivity index (χ1v) is 10.2. The van der Waals surface area contributed by atoms with E-state index in [1.807, 2.05) is 39.9 Å². The molecule has 1 atom stereocenters. The SMILES string of the molecule is CC(C)(C)CC(=O)N1CCCC1CNc1ccc2ncc(-c3ccncc3)n2n1. The Morgan fingerprint density at radius 1 is 1.21 bits per heavy atom. The van der Waals surface area contributed by atoms with Gasteiger partial charge in [0.05, 0.1) is 11.9 Å². The minimum absolute atomic E-state index is 0.00895. The molecule has 1 aliphatic rings. The largest absolute Gasteiger partial charge is 0.367 e. The zero-order chi connectivity index (χ0) is 20.4. The number of hydrogen-bond donors (Lipinski definition) is 1. The van der Waals surface area contributed by atoms with Crippen molar-refractivity contribution < 1.29 is 4.79 Å². The third kappa shape index (κ3) is 4.39. The molecule has 0 aliphatic carbocycles. The molecule has 1 N–H and O–H groups in total. The summed E-state index contributed by atoms with van der Waals surface area (Å²) in [6.45, 7) is 7.88. The molecule has 0 spiro atoms. The number of nitrogens with one attached hydrogen (secondary N) is 1. The van der Waals surface area contributed by atoms with Crippen LogP contribution in [0.4, 0.5) is 5.82 Å². The molecule has 7 heteroatoms. The molecular weight excluding hydrogens is 364 g/mol. The molecule has 1 unspecified atom stereocenters. The van der Waals surface area contributed by atoms with Crippen molar-refractivity contribution in [3.05, 3.63) is 42.9 Å². The van der Waals surface area contributed by atoms with E-state index in [-0.39, 0.29) is 17.4 Å². The highest BCUT2D eigenvalue weighted by Gasteiger charge is 2.30. The van der Waals surface area contributed by atoms with Crippen LogP contribution in [0.5, 0.6) is 0 Å². The Hall–Kier alpha value is -2.96. The number of nitrogens with zero attached hydrogens (tertiary/aromatic N) is 5. The molecule has 1 fully saturated rings. The van der Waals surface area contributed by atoms with Gasteiger partial charge in [0.25, 0.3) is 0 Å². The van der Waals surface area contributed by atoms with Crippen LogP contribution in [0.3, 0.4) is 0 Å². The number of rotatable bonds is 5. The number of carbonyl (C=O) groups excluding carboxylic acids is 1. The van der Waals surface area contributed by atoms with Gasteiger partial charge in [0.1, 0.15) is 5.82 Å². The van der Waals surface area contributed by atoms with Gasteiger partial charge in [-0.2, -0.15) is 0 Å². The van der Waals surface area contributed by atoms with E-state index in [2.05, 4.69) is 36.1 Å². The van der Waals surface area contributed by atoms with Crippen molar-refractivity contribution in [2.45, 2.75) is 46.1 Å². The Morgan fingerprint density at radius 3 is 2.76 bits per heavy atom. The molecule has 152 valence electrons. The average molecular weight is 393 g/mol. The molecule has 3 aromatic rings. The Labute approximate surface area is 171 Å². The summed E-state index contributed by atoms with van der Waals surface area (Å²) in [5.74, 6) is 1.03. The van der Waals surface area contributed by atoms with Crippen molar-refractivity contribution >= 4 is 17.4 Å². The number of carbonyl (C=O) groups is 1. The number of amides is 1. The fourth-order valence-corrected chi connectivity index (χ4v) is 3.84. The number of anilines is 1. The summed E-state index contributed by atoms with van der Waals surface area (Å²) < 4.78 is 1.84. The second-order valence-corrected chi connectivity index (χ2v) is 8.87. The topological polar surface area (TPSA) is 75.4 Å². The number of likely N-dealkylation sites (tertiary alicyclic amines) is 1. The lowest BCUT2D eigenvalue weighted by Gasteiger charge is -2.28. The summed E-state index contributed by atoms with van der Waals surface area (Å²) in [6, 6.07) is 8.00.